The summed E-state index contributed by atoms with van der Waals surface area (Å²) < 4.78 is 6.56. The lowest BCUT2D eigenvalue weighted by Gasteiger charge is -2.32. The Kier molecular flexibility index (Phi) is 5.98. The number of nitrogens with one attached hydrogen (secondary N) is 1. The number of nitrogens with zero attached hydrogens (tertiary/aromatic N) is 3. The van der Waals surface area contributed by atoms with Crippen molar-refractivity contribution in [3.05, 3.63) is 45.1 Å². The van der Waals surface area contributed by atoms with E-state index in [1.807, 2.05) is 0 Å². The van der Waals surface area contributed by atoms with Crippen LogP contribution in [-0.4, -0.2) is 40.1 Å². The van der Waals surface area contributed by atoms with E-state index < -0.39 is 0 Å². The number of halogens is 3. The topological polar surface area (TPSA) is 67.4 Å². The Morgan fingerprint density at radius 1 is 1.28 bits per heavy atom. The summed E-state index contributed by atoms with van der Waals surface area (Å²) in [5, 5.41) is 3.66. The first-order valence-electron chi connectivity index (χ1n) is 7.66. The summed E-state index contributed by atoms with van der Waals surface area (Å²) in [5.41, 5.74) is 0.596. The molecule has 132 valence electrons. The molecule has 25 heavy (non-hydrogen) atoms. The lowest BCUT2D eigenvalue weighted by molar-refractivity contribution is 0.0983. The number of aromatic nitrogens is 2. The Morgan fingerprint density at radius 2 is 2.04 bits per heavy atom. The molecular weight excluding hydrogens is 431 g/mol. The first-order valence-corrected chi connectivity index (χ1v) is 9.21. The number of hydrogen-bond acceptors (Lipinski definition) is 4. The van der Waals surface area contributed by atoms with E-state index in [1.165, 1.54) is 0 Å². The average molecular weight is 446 g/mol. The Labute approximate surface area is 163 Å². The van der Waals surface area contributed by atoms with Gasteiger partial charge in [0.15, 0.2) is 0 Å². The molecule has 1 unspecified atom stereocenters. The molecule has 1 atom stereocenters. The van der Waals surface area contributed by atoms with Crippen LogP contribution in [0.2, 0.25) is 10.0 Å². The summed E-state index contributed by atoms with van der Waals surface area (Å²) in [5.74, 6) is 0. The van der Waals surface area contributed by atoms with Crippen molar-refractivity contribution in [2.75, 3.05) is 18.4 Å². The van der Waals surface area contributed by atoms with Crippen LogP contribution in [0.1, 0.15) is 12.8 Å². The Hall–Kier alpha value is -1.57. The van der Waals surface area contributed by atoms with E-state index in [0.717, 1.165) is 17.3 Å². The first-order chi connectivity index (χ1) is 12.0. The van der Waals surface area contributed by atoms with Crippen LogP contribution in [0.15, 0.2) is 35.1 Å². The van der Waals surface area contributed by atoms with Gasteiger partial charge in [-0.1, -0.05) is 23.2 Å². The molecule has 2 amide bonds. The zero-order valence-corrected chi connectivity index (χ0v) is 16.2. The highest BCUT2D eigenvalue weighted by Gasteiger charge is 2.25. The van der Waals surface area contributed by atoms with Crippen molar-refractivity contribution in [3.63, 3.8) is 0 Å². The molecule has 2 aromatic rings. The second-order valence-corrected chi connectivity index (χ2v) is 7.30. The van der Waals surface area contributed by atoms with E-state index in [4.69, 9.17) is 27.9 Å². The lowest BCUT2D eigenvalue weighted by Crippen LogP contribution is -2.46. The smallest absolute Gasteiger partial charge is 0.321 e. The molecule has 1 aromatic carbocycles. The van der Waals surface area contributed by atoms with E-state index in [-0.39, 0.29) is 12.1 Å². The standard InChI is InChI=1S/C16H15BrCl2N4O2/c17-10-7-20-15(21-8-10)25-12-2-1-5-23(9-12)16(24)22-11-3-4-13(18)14(19)6-11/h3-4,6-8,12H,1-2,5,9H2,(H,22,24). The van der Waals surface area contributed by atoms with Crippen LogP contribution in [0.4, 0.5) is 10.5 Å². The minimum Gasteiger partial charge on any atom is -0.458 e. The van der Waals surface area contributed by atoms with Gasteiger partial charge in [-0.05, 0) is 47.0 Å². The van der Waals surface area contributed by atoms with Crippen molar-refractivity contribution >= 4 is 50.9 Å². The summed E-state index contributed by atoms with van der Waals surface area (Å²) in [6.07, 6.45) is 4.79. The number of piperidine rings is 1. The van der Waals surface area contributed by atoms with Crippen molar-refractivity contribution in [1.29, 1.82) is 0 Å². The summed E-state index contributed by atoms with van der Waals surface area (Å²) in [6, 6.07) is 5.07. The number of anilines is 1. The number of hydrogen-bond donors (Lipinski definition) is 1. The molecule has 1 aliphatic rings. The van der Waals surface area contributed by atoms with Gasteiger partial charge >= 0.3 is 12.0 Å². The van der Waals surface area contributed by atoms with Crippen molar-refractivity contribution in [2.24, 2.45) is 0 Å². The zero-order chi connectivity index (χ0) is 17.8. The molecular formula is C16H15BrCl2N4O2. The predicted octanol–water partition coefficient (Wildman–Crippen LogP) is 4.62. The summed E-state index contributed by atoms with van der Waals surface area (Å²) in [7, 11) is 0. The van der Waals surface area contributed by atoms with E-state index >= 15 is 0 Å². The highest BCUT2D eigenvalue weighted by Crippen LogP contribution is 2.25. The average Bonchev–Trinajstić information content (AvgIpc) is 2.60. The molecule has 0 spiro atoms. The van der Waals surface area contributed by atoms with Crippen LogP contribution in [0, 0.1) is 0 Å². The van der Waals surface area contributed by atoms with Gasteiger partial charge in [0, 0.05) is 24.6 Å². The molecule has 3 rings (SSSR count). The maximum atomic E-state index is 12.5. The highest BCUT2D eigenvalue weighted by atomic mass is 79.9. The molecule has 0 aliphatic carbocycles. The summed E-state index contributed by atoms with van der Waals surface area (Å²) >= 11 is 15.1. The van der Waals surface area contributed by atoms with Crippen molar-refractivity contribution in [2.45, 2.75) is 18.9 Å². The number of rotatable bonds is 3. The van der Waals surface area contributed by atoms with E-state index in [9.17, 15) is 4.79 Å². The minimum absolute atomic E-state index is 0.144. The molecule has 1 aliphatic heterocycles. The van der Waals surface area contributed by atoms with Crippen molar-refractivity contribution in [1.82, 2.24) is 14.9 Å². The zero-order valence-electron chi connectivity index (χ0n) is 13.1. The molecule has 1 N–H and O–H groups in total. The van der Waals surface area contributed by atoms with Crippen LogP contribution in [0.5, 0.6) is 6.01 Å². The van der Waals surface area contributed by atoms with Gasteiger partial charge in [-0.3, -0.25) is 0 Å². The Bertz CT molecular complexity index is 760. The number of amides is 2. The summed E-state index contributed by atoms with van der Waals surface area (Å²) in [4.78, 5) is 22.4. The quantitative estimate of drug-likeness (QED) is 0.748. The van der Waals surface area contributed by atoms with Gasteiger partial charge in [0.05, 0.1) is 21.1 Å². The molecule has 0 saturated carbocycles. The monoisotopic (exact) mass is 444 g/mol. The molecule has 1 saturated heterocycles. The fraction of sp³-hybridized carbons (Fsp3) is 0.312. The molecule has 6 nitrogen and oxygen atoms in total. The highest BCUT2D eigenvalue weighted by molar-refractivity contribution is 9.10. The van der Waals surface area contributed by atoms with Crippen LogP contribution < -0.4 is 10.1 Å². The maximum absolute atomic E-state index is 12.5. The number of carbonyl (C=O) groups is 1. The number of urea groups is 1. The SMILES string of the molecule is O=C(Nc1ccc(Cl)c(Cl)c1)N1CCCC(Oc2ncc(Br)cn2)C1. The predicted molar refractivity (Wildman–Crippen MR) is 100 cm³/mol. The van der Waals surface area contributed by atoms with Crippen LogP contribution in [-0.2, 0) is 0 Å². The third kappa shape index (κ3) is 4.96. The van der Waals surface area contributed by atoms with Gasteiger partial charge in [-0.15, -0.1) is 0 Å². The van der Waals surface area contributed by atoms with E-state index in [2.05, 4.69) is 31.2 Å². The largest absolute Gasteiger partial charge is 0.458 e. The van der Waals surface area contributed by atoms with Crippen molar-refractivity contribution < 1.29 is 9.53 Å². The van der Waals surface area contributed by atoms with Crippen LogP contribution in [0.25, 0.3) is 0 Å². The molecule has 1 fully saturated rings. The van der Waals surface area contributed by atoms with Gasteiger partial charge in [0.1, 0.15) is 6.10 Å². The molecule has 9 heteroatoms. The normalized spacial score (nSPS) is 17.2. The fourth-order valence-electron chi connectivity index (χ4n) is 2.51. The lowest BCUT2D eigenvalue weighted by atomic mass is 10.1. The third-order valence-corrected chi connectivity index (χ3v) is 4.85. The number of likely N-dealkylation sites (tertiary alicyclic amines) is 1. The number of ether oxygens (including phenoxy) is 1. The summed E-state index contributed by atoms with van der Waals surface area (Å²) in [6.45, 7) is 1.13. The molecule has 0 radical (unpaired) electrons. The number of benzene rings is 1. The second kappa shape index (κ2) is 8.21. The van der Waals surface area contributed by atoms with Crippen molar-refractivity contribution in [3.8, 4) is 6.01 Å². The Balaban J connectivity index is 1.59. The third-order valence-electron chi connectivity index (χ3n) is 3.70. The second-order valence-electron chi connectivity index (χ2n) is 5.57. The Morgan fingerprint density at radius 3 is 2.76 bits per heavy atom. The van der Waals surface area contributed by atoms with Gasteiger partial charge in [-0.25, -0.2) is 14.8 Å². The molecule has 0 bridgehead atoms. The number of carbonyl (C=O) groups excluding carboxylic acids is 1. The maximum Gasteiger partial charge on any atom is 0.321 e. The van der Waals surface area contributed by atoms with Gasteiger partial charge < -0.3 is 15.0 Å². The van der Waals surface area contributed by atoms with Gasteiger partial charge in [0.2, 0.25) is 0 Å². The molecule has 2 heterocycles. The first kappa shape index (κ1) is 18.2. The van der Waals surface area contributed by atoms with Gasteiger partial charge in [-0.2, -0.15) is 0 Å². The minimum atomic E-state index is -0.205. The fourth-order valence-corrected chi connectivity index (χ4v) is 3.01. The van der Waals surface area contributed by atoms with E-state index in [1.54, 1.807) is 35.5 Å². The van der Waals surface area contributed by atoms with Crippen LogP contribution in [0.3, 0.4) is 0 Å². The van der Waals surface area contributed by atoms with Gasteiger partial charge in [0.25, 0.3) is 0 Å². The van der Waals surface area contributed by atoms with E-state index in [0.29, 0.717) is 34.8 Å². The molecule has 1 aromatic heterocycles. The van der Waals surface area contributed by atoms with Crippen LogP contribution >= 0.6 is 39.1 Å².